The van der Waals surface area contributed by atoms with E-state index in [-0.39, 0.29) is 5.91 Å². The summed E-state index contributed by atoms with van der Waals surface area (Å²) in [5, 5.41) is 0. The SMILES string of the molecule is COc1ccc(CC2CCN(C(=O)CCN)CC2)cc1. The number of hydrogen-bond donors (Lipinski definition) is 1. The van der Waals surface area contributed by atoms with E-state index in [9.17, 15) is 4.79 Å². The Hall–Kier alpha value is -1.55. The molecule has 1 aliphatic rings. The van der Waals surface area contributed by atoms with Gasteiger partial charge < -0.3 is 15.4 Å². The van der Waals surface area contributed by atoms with Crippen molar-refractivity contribution >= 4 is 5.91 Å². The highest BCUT2D eigenvalue weighted by Gasteiger charge is 2.22. The molecule has 0 spiro atoms. The van der Waals surface area contributed by atoms with Crippen LogP contribution in [0.4, 0.5) is 0 Å². The van der Waals surface area contributed by atoms with Gasteiger partial charge in [0.2, 0.25) is 5.91 Å². The largest absolute Gasteiger partial charge is 0.497 e. The lowest BCUT2D eigenvalue weighted by Crippen LogP contribution is -2.39. The first-order valence-electron chi connectivity index (χ1n) is 7.33. The lowest BCUT2D eigenvalue weighted by molar-refractivity contribution is -0.132. The number of ether oxygens (including phenoxy) is 1. The first kappa shape index (κ1) is 14.9. The smallest absolute Gasteiger partial charge is 0.223 e. The molecule has 2 rings (SSSR count). The second-order valence-corrected chi connectivity index (χ2v) is 5.42. The summed E-state index contributed by atoms with van der Waals surface area (Å²) in [6.45, 7) is 2.20. The van der Waals surface area contributed by atoms with Gasteiger partial charge in [0, 0.05) is 26.1 Å². The number of piperidine rings is 1. The fourth-order valence-corrected chi connectivity index (χ4v) is 2.76. The Morgan fingerprint density at radius 2 is 1.95 bits per heavy atom. The zero-order valence-corrected chi connectivity index (χ0v) is 12.2. The Morgan fingerprint density at radius 1 is 1.30 bits per heavy atom. The maximum absolute atomic E-state index is 11.8. The normalized spacial score (nSPS) is 16.2. The molecule has 1 aromatic rings. The van der Waals surface area contributed by atoms with E-state index in [0.29, 0.717) is 18.9 Å². The second-order valence-electron chi connectivity index (χ2n) is 5.42. The average Bonchev–Trinajstić information content (AvgIpc) is 2.49. The molecule has 1 heterocycles. The maximum Gasteiger partial charge on any atom is 0.223 e. The van der Waals surface area contributed by atoms with Gasteiger partial charge in [-0.3, -0.25) is 4.79 Å². The van der Waals surface area contributed by atoms with Gasteiger partial charge in [-0.25, -0.2) is 0 Å². The molecular formula is C16H24N2O2. The van der Waals surface area contributed by atoms with E-state index in [4.69, 9.17) is 10.5 Å². The van der Waals surface area contributed by atoms with Crippen LogP contribution in [0.25, 0.3) is 0 Å². The number of likely N-dealkylation sites (tertiary alicyclic amines) is 1. The minimum atomic E-state index is 0.204. The van der Waals surface area contributed by atoms with Gasteiger partial charge in [-0.2, -0.15) is 0 Å². The van der Waals surface area contributed by atoms with Crippen molar-refractivity contribution in [2.24, 2.45) is 11.7 Å². The van der Waals surface area contributed by atoms with Gasteiger partial charge in [-0.1, -0.05) is 12.1 Å². The molecule has 0 bridgehead atoms. The van der Waals surface area contributed by atoms with Gasteiger partial charge in [0.25, 0.3) is 0 Å². The predicted octanol–water partition coefficient (Wildman–Crippen LogP) is 1.83. The van der Waals surface area contributed by atoms with Crippen molar-refractivity contribution in [2.75, 3.05) is 26.7 Å². The van der Waals surface area contributed by atoms with Gasteiger partial charge in [0.15, 0.2) is 0 Å². The van der Waals surface area contributed by atoms with E-state index in [2.05, 4.69) is 12.1 Å². The van der Waals surface area contributed by atoms with Gasteiger partial charge >= 0.3 is 0 Å². The van der Waals surface area contributed by atoms with Crippen LogP contribution in [0.1, 0.15) is 24.8 Å². The quantitative estimate of drug-likeness (QED) is 0.892. The number of rotatable bonds is 5. The van der Waals surface area contributed by atoms with Crippen molar-refractivity contribution in [2.45, 2.75) is 25.7 Å². The number of benzene rings is 1. The van der Waals surface area contributed by atoms with E-state index in [0.717, 1.165) is 38.1 Å². The molecule has 1 aromatic carbocycles. The van der Waals surface area contributed by atoms with Crippen molar-refractivity contribution in [3.63, 3.8) is 0 Å². The van der Waals surface area contributed by atoms with E-state index in [1.165, 1.54) is 5.56 Å². The zero-order chi connectivity index (χ0) is 14.4. The van der Waals surface area contributed by atoms with Crippen LogP contribution in [-0.2, 0) is 11.2 Å². The van der Waals surface area contributed by atoms with Crippen LogP contribution in [0, 0.1) is 5.92 Å². The summed E-state index contributed by atoms with van der Waals surface area (Å²) < 4.78 is 5.17. The summed E-state index contributed by atoms with van der Waals surface area (Å²) in [6, 6.07) is 8.28. The Morgan fingerprint density at radius 3 is 2.50 bits per heavy atom. The van der Waals surface area contributed by atoms with Crippen LogP contribution in [0.5, 0.6) is 5.75 Å². The molecule has 0 aromatic heterocycles. The fraction of sp³-hybridized carbons (Fsp3) is 0.562. The number of hydrogen-bond acceptors (Lipinski definition) is 3. The highest BCUT2D eigenvalue weighted by molar-refractivity contribution is 5.76. The third kappa shape index (κ3) is 3.97. The Labute approximate surface area is 120 Å². The van der Waals surface area contributed by atoms with E-state index < -0.39 is 0 Å². The molecule has 110 valence electrons. The molecule has 0 radical (unpaired) electrons. The average molecular weight is 276 g/mol. The van der Waals surface area contributed by atoms with Crippen LogP contribution < -0.4 is 10.5 Å². The summed E-state index contributed by atoms with van der Waals surface area (Å²) in [4.78, 5) is 13.7. The summed E-state index contributed by atoms with van der Waals surface area (Å²) in [6.07, 6.45) is 3.73. The third-order valence-corrected chi connectivity index (χ3v) is 4.01. The fourth-order valence-electron chi connectivity index (χ4n) is 2.76. The minimum absolute atomic E-state index is 0.204. The predicted molar refractivity (Wildman–Crippen MR) is 79.7 cm³/mol. The lowest BCUT2D eigenvalue weighted by Gasteiger charge is -2.32. The number of methoxy groups -OCH3 is 1. The summed E-state index contributed by atoms with van der Waals surface area (Å²) in [7, 11) is 1.68. The molecule has 2 N–H and O–H groups in total. The first-order valence-corrected chi connectivity index (χ1v) is 7.33. The van der Waals surface area contributed by atoms with Crippen LogP contribution in [0.15, 0.2) is 24.3 Å². The molecule has 4 nitrogen and oxygen atoms in total. The van der Waals surface area contributed by atoms with E-state index in [1.54, 1.807) is 7.11 Å². The molecule has 1 amide bonds. The standard InChI is InChI=1S/C16H24N2O2/c1-20-15-4-2-13(3-5-15)12-14-7-10-18(11-8-14)16(19)6-9-17/h2-5,14H,6-12,17H2,1H3. The van der Waals surface area contributed by atoms with Crippen LogP contribution >= 0.6 is 0 Å². The van der Waals surface area contributed by atoms with Crippen molar-refractivity contribution in [1.29, 1.82) is 0 Å². The van der Waals surface area contributed by atoms with Gasteiger partial charge in [-0.15, -0.1) is 0 Å². The molecule has 0 unspecified atom stereocenters. The molecule has 0 aliphatic carbocycles. The molecule has 1 saturated heterocycles. The Kier molecular flexibility index (Phi) is 5.41. The number of nitrogens with zero attached hydrogens (tertiary/aromatic N) is 1. The van der Waals surface area contributed by atoms with Crippen molar-refractivity contribution in [1.82, 2.24) is 4.90 Å². The first-order chi connectivity index (χ1) is 9.72. The number of amides is 1. The Balaban J connectivity index is 1.80. The molecule has 20 heavy (non-hydrogen) atoms. The topological polar surface area (TPSA) is 55.6 Å². The summed E-state index contributed by atoms with van der Waals surface area (Å²) in [5.41, 5.74) is 6.78. The van der Waals surface area contributed by atoms with Crippen molar-refractivity contribution in [3.8, 4) is 5.75 Å². The highest BCUT2D eigenvalue weighted by atomic mass is 16.5. The maximum atomic E-state index is 11.8. The minimum Gasteiger partial charge on any atom is -0.497 e. The molecule has 1 fully saturated rings. The van der Waals surface area contributed by atoms with Crippen LogP contribution in [-0.4, -0.2) is 37.6 Å². The molecule has 4 heteroatoms. The van der Waals surface area contributed by atoms with Crippen LogP contribution in [0.2, 0.25) is 0 Å². The molecular weight excluding hydrogens is 252 g/mol. The van der Waals surface area contributed by atoms with E-state index >= 15 is 0 Å². The Bertz CT molecular complexity index is 423. The highest BCUT2D eigenvalue weighted by Crippen LogP contribution is 2.23. The molecule has 0 atom stereocenters. The third-order valence-electron chi connectivity index (χ3n) is 4.01. The molecule has 1 aliphatic heterocycles. The number of carbonyl (C=O) groups excluding carboxylic acids is 1. The van der Waals surface area contributed by atoms with E-state index in [1.807, 2.05) is 17.0 Å². The number of nitrogens with two attached hydrogens (primary N) is 1. The summed E-state index contributed by atoms with van der Waals surface area (Å²) in [5.74, 6) is 1.77. The van der Waals surface area contributed by atoms with Crippen molar-refractivity contribution < 1.29 is 9.53 Å². The molecule has 0 saturated carbocycles. The van der Waals surface area contributed by atoms with Crippen LogP contribution in [0.3, 0.4) is 0 Å². The second kappa shape index (κ2) is 7.29. The van der Waals surface area contributed by atoms with Gasteiger partial charge in [0.05, 0.1) is 7.11 Å². The zero-order valence-electron chi connectivity index (χ0n) is 12.2. The number of carbonyl (C=O) groups is 1. The van der Waals surface area contributed by atoms with Crippen molar-refractivity contribution in [3.05, 3.63) is 29.8 Å². The monoisotopic (exact) mass is 276 g/mol. The van der Waals surface area contributed by atoms with Gasteiger partial charge in [-0.05, 0) is 42.9 Å². The lowest BCUT2D eigenvalue weighted by atomic mass is 9.90. The van der Waals surface area contributed by atoms with Gasteiger partial charge in [0.1, 0.15) is 5.75 Å². The summed E-state index contributed by atoms with van der Waals surface area (Å²) >= 11 is 0.